The van der Waals surface area contributed by atoms with E-state index in [9.17, 15) is 24.6 Å². The number of urea groups is 1. The average Bonchev–Trinajstić information content (AvgIpc) is 3.30. The number of nitrogens with zero attached hydrogens (tertiary/aromatic N) is 3. The molecule has 3 aromatic rings. The van der Waals surface area contributed by atoms with Crippen molar-refractivity contribution < 1.29 is 34.1 Å². The average molecular weight is 587 g/mol. The van der Waals surface area contributed by atoms with Gasteiger partial charge in [-0.2, -0.15) is 0 Å². The quantitative estimate of drug-likeness (QED) is 0.342. The lowest BCUT2D eigenvalue weighted by atomic mass is 10.1. The number of aliphatic hydroxyl groups excluding tert-OH is 1. The Morgan fingerprint density at radius 3 is 2.58 bits per heavy atom. The van der Waals surface area contributed by atoms with E-state index in [1.54, 1.807) is 7.11 Å². The van der Waals surface area contributed by atoms with Crippen LogP contribution < -0.4 is 14.8 Å². The van der Waals surface area contributed by atoms with E-state index in [1.165, 1.54) is 15.9 Å². The number of carboxylic acid groups (broad SMARTS) is 1. The van der Waals surface area contributed by atoms with Crippen molar-refractivity contribution in [2.45, 2.75) is 43.1 Å². The maximum Gasteiger partial charge on any atom is 0.330 e. The molecule has 1 aromatic heterocycles. The number of likely N-dealkylation sites (tertiary alicyclic amines) is 2. The van der Waals surface area contributed by atoms with E-state index in [1.807, 2.05) is 54.6 Å². The number of ether oxygens (including phenoxy) is 2. The Balaban J connectivity index is 1.31. The second-order valence-electron chi connectivity index (χ2n) is 11.4. The summed E-state index contributed by atoms with van der Waals surface area (Å²) in [6, 6.07) is 15.7. The van der Waals surface area contributed by atoms with Crippen molar-refractivity contribution in [1.82, 2.24) is 20.1 Å². The van der Waals surface area contributed by atoms with E-state index in [0.29, 0.717) is 35.7 Å². The summed E-state index contributed by atoms with van der Waals surface area (Å²) in [6.45, 7) is 4.33. The molecule has 1 aliphatic carbocycles. The van der Waals surface area contributed by atoms with E-state index in [-0.39, 0.29) is 25.9 Å². The van der Waals surface area contributed by atoms with Crippen molar-refractivity contribution >= 4 is 28.8 Å². The first-order chi connectivity index (χ1) is 20.7. The van der Waals surface area contributed by atoms with Gasteiger partial charge >= 0.3 is 12.0 Å². The Bertz CT molecular complexity index is 1580. The van der Waals surface area contributed by atoms with Gasteiger partial charge in [0.05, 0.1) is 31.0 Å². The molecule has 5 atom stereocenters. The molecule has 3 amide bonds. The summed E-state index contributed by atoms with van der Waals surface area (Å²) in [7, 11) is 1.59. The Morgan fingerprint density at radius 1 is 1.14 bits per heavy atom. The minimum atomic E-state index is -1.43. The molecule has 11 heteroatoms. The normalized spacial score (nSPS) is 26.3. The van der Waals surface area contributed by atoms with Crippen LogP contribution in [0.4, 0.5) is 4.79 Å². The van der Waals surface area contributed by atoms with Gasteiger partial charge in [-0.3, -0.25) is 4.79 Å². The van der Waals surface area contributed by atoms with Crippen LogP contribution in [0.15, 0.2) is 67.3 Å². The highest BCUT2D eigenvalue weighted by molar-refractivity contribution is 5.95. The van der Waals surface area contributed by atoms with Crippen molar-refractivity contribution in [3.05, 3.63) is 67.3 Å². The molecule has 0 unspecified atom stereocenters. The zero-order valence-electron chi connectivity index (χ0n) is 23.8. The number of hydrogen-bond acceptors (Lipinski definition) is 7. The highest BCUT2D eigenvalue weighted by Gasteiger charge is 2.61. The predicted octanol–water partition coefficient (Wildman–Crippen LogP) is 3.06. The number of aliphatic hydroxyl groups is 1. The number of rotatable bonds is 8. The number of benzene rings is 2. The summed E-state index contributed by atoms with van der Waals surface area (Å²) in [5.41, 5.74) is 0.816. The van der Waals surface area contributed by atoms with Gasteiger partial charge < -0.3 is 34.8 Å². The summed E-state index contributed by atoms with van der Waals surface area (Å²) in [5, 5.41) is 23.3. The molecule has 2 aliphatic heterocycles. The van der Waals surface area contributed by atoms with Crippen molar-refractivity contribution in [2.24, 2.45) is 5.92 Å². The molecule has 3 heterocycles. The zero-order chi connectivity index (χ0) is 30.3. The number of aromatic nitrogens is 1. The summed E-state index contributed by atoms with van der Waals surface area (Å²) in [4.78, 5) is 47.1. The lowest BCUT2D eigenvalue weighted by molar-refractivity contribution is -0.144. The van der Waals surface area contributed by atoms with Crippen molar-refractivity contribution in [3.8, 4) is 22.8 Å². The molecule has 1 saturated carbocycles. The van der Waals surface area contributed by atoms with Crippen LogP contribution in [0.5, 0.6) is 11.5 Å². The van der Waals surface area contributed by atoms with Gasteiger partial charge in [-0.1, -0.05) is 36.4 Å². The van der Waals surface area contributed by atoms with Crippen LogP contribution in [0.1, 0.15) is 19.3 Å². The SMILES string of the molecule is C=C[C@@H]1C[C@]1(NC(=O)[C@@H]1C[C@@H](Oc2cc(-c3ccccc3)nc3cc(OC)ccc23)CN1C(=O)N1CC[C@@H](O)C1)C(=O)O. The number of methoxy groups -OCH3 is 1. The number of pyridine rings is 1. The molecule has 3 N–H and O–H groups in total. The lowest BCUT2D eigenvalue weighted by Gasteiger charge is -2.29. The standard InChI is InChI=1S/C32H34N4O7/c1-3-20-16-32(20,30(39)40)34-29(38)27-14-23(18-36(27)31(41)35-12-11-21(37)17-35)43-28-15-25(19-7-5-4-6-8-19)33-26-13-22(42-2)9-10-24(26)28/h3-10,13,15,20-21,23,27,37H,1,11-12,14,16-18H2,2H3,(H,34,38)(H,39,40)/t20-,21-,23-,27+,32-/m1/s1. The van der Waals surface area contributed by atoms with E-state index in [0.717, 1.165) is 10.9 Å². The Morgan fingerprint density at radius 2 is 1.93 bits per heavy atom. The van der Waals surface area contributed by atoms with Crippen LogP contribution >= 0.6 is 0 Å². The van der Waals surface area contributed by atoms with Gasteiger partial charge in [0.1, 0.15) is 29.2 Å². The molecule has 3 aliphatic rings. The van der Waals surface area contributed by atoms with Crippen molar-refractivity contribution in [2.75, 3.05) is 26.7 Å². The van der Waals surface area contributed by atoms with Crippen molar-refractivity contribution in [3.63, 3.8) is 0 Å². The van der Waals surface area contributed by atoms with Gasteiger partial charge in [0.25, 0.3) is 0 Å². The van der Waals surface area contributed by atoms with Gasteiger partial charge in [0.15, 0.2) is 0 Å². The number of hydrogen-bond donors (Lipinski definition) is 3. The van der Waals surface area contributed by atoms with Gasteiger partial charge in [0, 0.05) is 48.5 Å². The predicted molar refractivity (Wildman–Crippen MR) is 158 cm³/mol. The molecule has 2 aromatic carbocycles. The molecule has 224 valence electrons. The molecule has 0 spiro atoms. The van der Waals surface area contributed by atoms with Crippen molar-refractivity contribution in [1.29, 1.82) is 0 Å². The third-order valence-corrected chi connectivity index (χ3v) is 8.61. The number of carboxylic acids is 1. The highest BCUT2D eigenvalue weighted by atomic mass is 16.5. The topological polar surface area (TPSA) is 142 Å². The first-order valence-corrected chi connectivity index (χ1v) is 14.3. The smallest absolute Gasteiger partial charge is 0.330 e. The molecule has 0 bridgehead atoms. The van der Waals surface area contributed by atoms with E-state index >= 15 is 0 Å². The molecule has 43 heavy (non-hydrogen) atoms. The van der Waals surface area contributed by atoms with E-state index < -0.39 is 47.6 Å². The summed E-state index contributed by atoms with van der Waals surface area (Å²) in [5.74, 6) is -0.901. The van der Waals surface area contributed by atoms with Crippen LogP contribution in [0, 0.1) is 5.92 Å². The number of β-amino-alcohol motifs (C(OH)–C–C–N with tert-alkyl or cyclic N) is 1. The molecule has 2 saturated heterocycles. The van der Waals surface area contributed by atoms with Gasteiger partial charge in [-0.05, 0) is 25.0 Å². The fraction of sp³-hybridized carbons (Fsp3) is 0.375. The molecule has 0 radical (unpaired) electrons. The van der Waals surface area contributed by atoms with Crippen LogP contribution in [0.2, 0.25) is 0 Å². The number of fused-ring (bicyclic) bond motifs is 1. The number of nitrogens with one attached hydrogen (secondary N) is 1. The zero-order valence-corrected chi connectivity index (χ0v) is 23.8. The second kappa shape index (κ2) is 11.2. The van der Waals surface area contributed by atoms with Crippen LogP contribution in [0.3, 0.4) is 0 Å². The Hall–Kier alpha value is -4.64. The molecule has 6 rings (SSSR count). The number of aliphatic carboxylic acids is 1. The Kier molecular flexibility index (Phi) is 7.43. The van der Waals surface area contributed by atoms with Gasteiger partial charge in [0.2, 0.25) is 5.91 Å². The first kappa shape index (κ1) is 28.5. The first-order valence-electron chi connectivity index (χ1n) is 14.3. The van der Waals surface area contributed by atoms with Crippen LogP contribution in [0.25, 0.3) is 22.2 Å². The fourth-order valence-corrected chi connectivity index (χ4v) is 6.10. The molecular weight excluding hydrogens is 552 g/mol. The van der Waals surface area contributed by atoms with Crippen LogP contribution in [-0.2, 0) is 9.59 Å². The monoisotopic (exact) mass is 586 g/mol. The third kappa shape index (κ3) is 5.36. The molecular formula is C32H34N4O7. The lowest BCUT2D eigenvalue weighted by Crippen LogP contribution is -2.54. The number of carbonyl (C=O) groups excluding carboxylic acids is 2. The van der Waals surface area contributed by atoms with E-state index in [2.05, 4.69) is 11.9 Å². The Labute approximate surface area is 248 Å². The second-order valence-corrected chi connectivity index (χ2v) is 11.4. The van der Waals surface area contributed by atoms with E-state index in [4.69, 9.17) is 14.5 Å². The van der Waals surface area contributed by atoms with Crippen LogP contribution in [-0.4, -0.2) is 93.4 Å². The summed E-state index contributed by atoms with van der Waals surface area (Å²) >= 11 is 0. The third-order valence-electron chi connectivity index (χ3n) is 8.61. The number of amides is 3. The van der Waals surface area contributed by atoms with Gasteiger partial charge in [-0.25, -0.2) is 14.6 Å². The maximum absolute atomic E-state index is 13.6. The number of carbonyl (C=O) groups is 3. The maximum atomic E-state index is 13.6. The summed E-state index contributed by atoms with van der Waals surface area (Å²) in [6.07, 6.45) is 1.18. The summed E-state index contributed by atoms with van der Waals surface area (Å²) < 4.78 is 12.0. The fourth-order valence-electron chi connectivity index (χ4n) is 6.10. The minimum Gasteiger partial charge on any atom is -0.497 e. The molecule has 3 fully saturated rings. The highest BCUT2D eigenvalue weighted by Crippen LogP contribution is 2.45. The minimum absolute atomic E-state index is 0.106. The van der Waals surface area contributed by atoms with Gasteiger partial charge in [-0.15, -0.1) is 6.58 Å². The molecule has 11 nitrogen and oxygen atoms in total. The largest absolute Gasteiger partial charge is 0.497 e.